The molecule has 1 unspecified atom stereocenters. The number of aliphatic carboxylic acids is 1. The van der Waals surface area contributed by atoms with Gasteiger partial charge in [0.2, 0.25) is 0 Å². The summed E-state index contributed by atoms with van der Waals surface area (Å²) in [7, 11) is 0. The van der Waals surface area contributed by atoms with Crippen molar-refractivity contribution in [2.45, 2.75) is 44.9 Å². The number of carbonyl (C=O) groups is 1. The fourth-order valence-electron chi connectivity index (χ4n) is 3.36. The van der Waals surface area contributed by atoms with Crippen molar-refractivity contribution in [1.29, 1.82) is 0 Å². The van der Waals surface area contributed by atoms with Crippen molar-refractivity contribution >= 4 is 17.6 Å². The number of benzene rings is 2. The molecular weight excluding hydrogens is 455 g/mol. The Hall–Kier alpha value is -3.06. The molecule has 0 bridgehead atoms. The summed E-state index contributed by atoms with van der Waals surface area (Å²) < 4.78 is 44.8. The maximum absolute atomic E-state index is 12.9. The van der Waals surface area contributed by atoms with Gasteiger partial charge in [0.05, 0.1) is 28.4 Å². The molecule has 0 radical (unpaired) electrons. The van der Waals surface area contributed by atoms with E-state index in [0.717, 1.165) is 25.0 Å². The molecule has 2 aromatic carbocycles. The second-order valence-corrected chi connectivity index (χ2v) is 8.01. The van der Waals surface area contributed by atoms with Gasteiger partial charge in [0, 0.05) is 5.56 Å². The van der Waals surface area contributed by atoms with Gasteiger partial charge in [0.15, 0.2) is 0 Å². The number of nitrogens with zero attached hydrogens (tertiary/aromatic N) is 1. The lowest BCUT2D eigenvalue weighted by atomic mass is 10.1. The Labute approximate surface area is 195 Å². The molecule has 1 N–H and O–H groups in total. The van der Waals surface area contributed by atoms with Crippen molar-refractivity contribution in [1.82, 2.24) is 4.98 Å². The number of hydrogen-bond acceptors (Lipinski definition) is 3. The molecular formula is C25H23ClF3NO3. The monoisotopic (exact) mass is 477 g/mol. The number of carboxylic acids is 1. The number of rotatable bonds is 9. The summed E-state index contributed by atoms with van der Waals surface area (Å²) in [4.78, 5) is 15.6. The number of aromatic nitrogens is 1. The van der Waals surface area contributed by atoms with Crippen LogP contribution in [0, 0.1) is 0 Å². The Morgan fingerprint density at radius 2 is 1.85 bits per heavy atom. The number of ether oxygens (including phenoxy) is 1. The van der Waals surface area contributed by atoms with Crippen LogP contribution in [0.3, 0.4) is 0 Å². The maximum atomic E-state index is 12.9. The predicted molar refractivity (Wildman–Crippen MR) is 120 cm³/mol. The van der Waals surface area contributed by atoms with Crippen LogP contribution in [-0.2, 0) is 17.4 Å². The van der Waals surface area contributed by atoms with Gasteiger partial charge in [-0.2, -0.15) is 13.2 Å². The lowest BCUT2D eigenvalue weighted by Gasteiger charge is -2.20. The first-order chi connectivity index (χ1) is 15.7. The molecule has 8 heteroatoms. The van der Waals surface area contributed by atoms with E-state index >= 15 is 0 Å². The van der Waals surface area contributed by atoms with Gasteiger partial charge in [0.25, 0.3) is 0 Å². The van der Waals surface area contributed by atoms with Crippen molar-refractivity contribution in [2.24, 2.45) is 0 Å². The Kier molecular flexibility index (Phi) is 7.97. The molecule has 3 aromatic rings. The number of carboxylic acid groups (broad SMARTS) is 1. The molecule has 33 heavy (non-hydrogen) atoms. The SMILES string of the molecule is CCCCC(Oc1ccc(CC(=O)O)cc1Cl)c1cccc(-c2ccc(C(F)(F)F)cc2)n1. The van der Waals surface area contributed by atoms with Gasteiger partial charge in [-0.15, -0.1) is 0 Å². The third-order valence-electron chi connectivity index (χ3n) is 5.05. The van der Waals surface area contributed by atoms with E-state index in [2.05, 4.69) is 11.9 Å². The summed E-state index contributed by atoms with van der Waals surface area (Å²) in [6.07, 6.45) is -2.51. The zero-order valence-electron chi connectivity index (χ0n) is 17.9. The first-order valence-corrected chi connectivity index (χ1v) is 10.9. The fraction of sp³-hybridized carbons (Fsp3) is 0.280. The van der Waals surface area contributed by atoms with E-state index in [4.69, 9.17) is 21.4 Å². The predicted octanol–water partition coefficient (Wildman–Crippen LogP) is 7.36. The Bertz CT molecular complexity index is 1100. The van der Waals surface area contributed by atoms with Crippen LogP contribution in [0.4, 0.5) is 13.2 Å². The van der Waals surface area contributed by atoms with E-state index in [9.17, 15) is 18.0 Å². The number of pyridine rings is 1. The maximum Gasteiger partial charge on any atom is 0.416 e. The molecule has 0 spiro atoms. The summed E-state index contributed by atoms with van der Waals surface area (Å²) >= 11 is 6.33. The standard InChI is InChI=1S/C25H23ClF3NO3/c1-2-3-7-23(33-22-13-8-16(14-19(22)26)15-24(31)32)21-6-4-5-20(30-21)17-9-11-18(12-10-17)25(27,28)29/h4-6,8-14,23H,2-3,7,15H2,1H3,(H,31,32). The highest BCUT2D eigenvalue weighted by molar-refractivity contribution is 6.32. The van der Waals surface area contributed by atoms with Crippen LogP contribution in [0.2, 0.25) is 5.02 Å². The molecule has 0 aliphatic rings. The molecule has 0 fully saturated rings. The van der Waals surface area contributed by atoms with Crippen LogP contribution in [0.15, 0.2) is 60.7 Å². The smallest absolute Gasteiger partial charge is 0.416 e. The highest BCUT2D eigenvalue weighted by atomic mass is 35.5. The Morgan fingerprint density at radius 1 is 1.12 bits per heavy atom. The molecule has 0 amide bonds. The van der Waals surface area contributed by atoms with Crippen LogP contribution < -0.4 is 4.74 Å². The number of alkyl halides is 3. The summed E-state index contributed by atoms with van der Waals surface area (Å²) in [6, 6.07) is 15.0. The minimum atomic E-state index is -4.40. The molecule has 1 atom stereocenters. The van der Waals surface area contributed by atoms with E-state index in [-0.39, 0.29) is 6.42 Å². The molecule has 0 aliphatic carbocycles. The van der Waals surface area contributed by atoms with Crippen molar-refractivity contribution in [2.75, 3.05) is 0 Å². The van der Waals surface area contributed by atoms with Crippen molar-refractivity contribution < 1.29 is 27.8 Å². The van der Waals surface area contributed by atoms with Crippen molar-refractivity contribution in [3.63, 3.8) is 0 Å². The molecule has 1 heterocycles. The zero-order chi connectivity index (χ0) is 24.0. The summed E-state index contributed by atoms with van der Waals surface area (Å²) in [5.74, 6) is -0.543. The summed E-state index contributed by atoms with van der Waals surface area (Å²) in [5.41, 5.74) is 1.58. The second-order valence-electron chi connectivity index (χ2n) is 7.61. The lowest BCUT2D eigenvalue weighted by molar-refractivity contribution is -0.138. The van der Waals surface area contributed by atoms with Crippen LogP contribution >= 0.6 is 11.6 Å². The Morgan fingerprint density at radius 3 is 2.45 bits per heavy atom. The first kappa shape index (κ1) is 24.6. The molecule has 1 aromatic heterocycles. The molecule has 4 nitrogen and oxygen atoms in total. The van der Waals surface area contributed by atoms with Gasteiger partial charge in [0.1, 0.15) is 11.9 Å². The van der Waals surface area contributed by atoms with Crippen LogP contribution in [0.25, 0.3) is 11.3 Å². The third-order valence-corrected chi connectivity index (χ3v) is 5.34. The number of hydrogen-bond donors (Lipinski definition) is 1. The summed E-state index contributed by atoms with van der Waals surface area (Å²) in [6.45, 7) is 2.05. The molecule has 0 saturated heterocycles. The number of halogens is 4. The normalized spacial score (nSPS) is 12.4. The first-order valence-electron chi connectivity index (χ1n) is 10.5. The van der Waals surface area contributed by atoms with E-state index in [1.54, 1.807) is 36.4 Å². The van der Waals surface area contributed by atoms with Crippen LogP contribution in [0.5, 0.6) is 5.75 Å². The second kappa shape index (κ2) is 10.7. The lowest BCUT2D eigenvalue weighted by Crippen LogP contribution is -2.11. The van der Waals surface area contributed by atoms with Gasteiger partial charge in [-0.3, -0.25) is 4.79 Å². The molecule has 0 saturated carbocycles. The van der Waals surface area contributed by atoms with Crippen LogP contribution in [0.1, 0.15) is 49.1 Å². The average molecular weight is 478 g/mol. The van der Waals surface area contributed by atoms with E-state index < -0.39 is 23.8 Å². The fourth-order valence-corrected chi connectivity index (χ4v) is 3.60. The highest BCUT2D eigenvalue weighted by Gasteiger charge is 2.30. The van der Waals surface area contributed by atoms with E-state index in [0.29, 0.717) is 39.7 Å². The molecule has 174 valence electrons. The van der Waals surface area contributed by atoms with Crippen LogP contribution in [-0.4, -0.2) is 16.1 Å². The minimum Gasteiger partial charge on any atom is -0.483 e. The van der Waals surface area contributed by atoms with E-state index in [1.165, 1.54) is 12.1 Å². The molecule has 3 rings (SSSR count). The van der Waals surface area contributed by atoms with Crippen molar-refractivity contribution in [3.05, 3.63) is 82.5 Å². The number of unbranched alkanes of at least 4 members (excludes halogenated alkanes) is 1. The Balaban J connectivity index is 1.87. The van der Waals surface area contributed by atoms with Gasteiger partial charge < -0.3 is 9.84 Å². The zero-order valence-corrected chi connectivity index (χ0v) is 18.7. The quantitative estimate of drug-likeness (QED) is 0.350. The van der Waals surface area contributed by atoms with Gasteiger partial charge in [-0.1, -0.05) is 49.2 Å². The third kappa shape index (κ3) is 6.71. The average Bonchev–Trinajstić information content (AvgIpc) is 2.77. The van der Waals surface area contributed by atoms with E-state index in [1.807, 2.05) is 0 Å². The van der Waals surface area contributed by atoms with Gasteiger partial charge >= 0.3 is 12.1 Å². The van der Waals surface area contributed by atoms with Gasteiger partial charge in [-0.25, -0.2) is 4.98 Å². The van der Waals surface area contributed by atoms with Crippen molar-refractivity contribution in [3.8, 4) is 17.0 Å². The highest BCUT2D eigenvalue weighted by Crippen LogP contribution is 2.34. The summed E-state index contributed by atoms with van der Waals surface area (Å²) in [5, 5.41) is 9.26. The molecule has 0 aliphatic heterocycles. The van der Waals surface area contributed by atoms with Gasteiger partial charge in [-0.05, 0) is 54.8 Å². The minimum absolute atomic E-state index is 0.143. The largest absolute Gasteiger partial charge is 0.483 e. The topological polar surface area (TPSA) is 59.4 Å².